The molecule has 3 unspecified atom stereocenters. The van der Waals surface area contributed by atoms with Crippen molar-refractivity contribution < 1.29 is 0 Å². The summed E-state index contributed by atoms with van der Waals surface area (Å²) >= 11 is 0. The monoisotopic (exact) mass is 513 g/mol. The first-order valence-corrected chi connectivity index (χ1v) is 14.1. The molecule has 8 heteroatoms. The summed E-state index contributed by atoms with van der Waals surface area (Å²) in [4.78, 5) is 18.7. The van der Waals surface area contributed by atoms with Gasteiger partial charge in [-0.15, -0.1) is 10.2 Å². The van der Waals surface area contributed by atoms with Gasteiger partial charge in [0.1, 0.15) is 0 Å². The van der Waals surface area contributed by atoms with Crippen molar-refractivity contribution in [1.29, 1.82) is 0 Å². The highest BCUT2D eigenvalue weighted by atomic mass is 16.1. The van der Waals surface area contributed by atoms with Crippen molar-refractivity contribution in [2.75, 3.05) is 0 Å². The number of aromatic nitrogens is 7. The van der Waals surface area contributed by atoms with E-state index in [0.717, 1.165) is 47.3 Å². The van der Waals surface area contributed by atoms with Gasteiger partial charge < -0.3 is 0 Å². The molecule has 0 spiro atoms. The Kier molecular flexibility index (Phi) is 7.86. The molecule has 38 heavy (non-hydrogen) atoms. The highest BCUT2D eigenvalue weighted by molar-refractivity contribution is 5.78. The number of pyridine rings is 1. The normalized spacial score (nSPS) is 19.8. The number of benzene rings is 1. The van der Waals surface area contributed by atoms with Gasteiger partial charge >= 0.3 is 5.69 Å². The maximum Gasteiger partial charge on any atom is 0.328 e. The van der Waals surface area contributed by atoms with Crippen LogP contribution in [0.3, 0.4) is 0 Å². The Bertz CT molecular complexity index is 1380. The highest BCUT2D eigenvalue weighted by Crippen LogP contribution is 2.41. The second-order valence-electron chi connectivity index (χ2n) is 11.1. The Morgan fingerprint density at radius 3 is 2.61 bits per heavy atom. The van der Waals surface area contributed by atoms with E-state index in [2.05, 4.69) is 65.1 Å². The Morgan fingerprint density at radius 2 is 1.92 bits per heavy atom. The highest BCUT2D eigenvalue weighted by Gasteiger charge is 2.35. The zero-order chi connectivity index (χ0) is 26.6. The number of aryl methyl sites for hydroxylation is 1. The summed E-state index contributed by atoms with van der Waals surface area (Å²) in [7, 11) is 0. The van der Waals surface area contributed by atoms with Crippen LogP contribution in [0.25, 0.3) is 22.6 Å². The smallest absolute Gasteiger partial charge is 0.295 e. The third-order valence-electron chi connectivity index (χ3n) is 8.22. The number of unbranched alkanes of at least 4 members (excludes halogenated alkanes) is 1. The van der Waals surface area contributed by atoms with Gasteiger partial charge in [-0.2, -0.15) is 5.21 Å². The maximum atomic E-state index is 13.9. The Hall–Kier alpha value is -3.55. The van der Waals surface area contributed by atoms with E-state index >= 15 is 0 Å². The van der Waals surface area contributed by atoms with Crippen LogP contribution < -0.4 is 5.69 Å². The number of nitrogens with one attached hydrogen (secondary N) is 1. The van der Waals surface area contributed by atoms with E-state index in [1.54, 1.807) is 0 Å². The largest absolute Gasteiger partial charge is 0.328 e. The third kappa shape index (κ3) is 5.22. The average Bonchev–Trinajstić information content (AvgIpc) is 3.57. The number of nitrogens with zero attached hydrogens (tertiary/aromatic N) is 6. The molecule has 8 nitrogen and oxygen atoms in total. The molecular weight excluding hydrogens is 474 g/mol. The van der Waals surface area contributed by atoms with Gasteiger partial charge in [0.25, 0.3) is 0 Å². The molecule has 0 bridgehead atoms. The fourth-order valence-corrected chi connectivity index (χ4v) is 6.17. The van der Waals surface area contributed by atoms with Crippen LogP contribution in [-0.4, -0.2) is 34.7 Å². The predicted octanol–water partition coefficient (Wildman–Crippen LogP) is 5.92. The van der Waals surface area contributed by atoms with Crippen molar-refractivity contribution in [3.05, 3.63) is 70.5 Å². The topological polar surface area (TPSA) is 94.3 Å². The molecule has 0 aliphatic heterocycles. The predicted molar refractivity (Wildman–Crippen MR) is 150 cm³/mol. The molecule has 3 atom stereocenters. The number of rotatable bonds is 9. The Balaban J connectivity index is 1.46. The zero-order valence-electron chi connectivity index (χ0n) is 23.0. The lowest BCUT2D eigenvalue weighted by Gasteiger charge is -2.39. The molecule has 0 amide bonds. The van der Waals surface area contributed by atoms with E-state index < -0.39 is 0 Å². The van der Waals surface area contributed by atoms with Crippen LogP contribution in [0.4, 0.5) is 0 Å². The van der Waals surface area contributed by atoms with E-state index in [-0.39, 0.29) is 11.7 Å². The molecule has 4 aromatic rings. The number of hydrogen-bond acceptors (Lipinski definition) is 5. The van der Waals surface area contributed by atoms with Gasteiger partial charge in [-0.25, -0.2) is 4.79 Å². The molecule has 1 aliphatic rings. The van der Waals surface area contributed by atoms with Gasteiger partial charge in [-0.3, -0.25) is 14.1 Å². The molecule has 3 heterocycles. The van der Waals surface area contributed by atoms with Crippen molar-refractivity contribution >= 4 is 0 Å². The van der Waals surface area contributed by atoms with Gasteiger partial charge in [-0.1, -0.05) is 70.9 Å². The SMILES string of the molecule is CCCCc1cn(C2C(C)CCCC2C(C)C)c(=O)n1Cc1ccc(-c2ccccc2-c2nn[nH]n2)nc1. The number of tetrazole rings is 1. The summed E-state index contributed by atoms with van der Waals surface area (Å²) < 4.78 is 4.07. The summed E-state index contributed by atoms with van der Waals surface area (Å²) in [6.07, 6.45) is 10.8. The fourth-order valence-electron chi connectivity index (χ4n) is 6.17. The number of H-pyrrole nitrogens is 1. The van der Waals surface area contributed by atoms with Gasteiger partial charge in [0, 0.05) is 35.3 Å². The molecule has 0 saturated heterocycles. The third-order valence-corrected chi connectivity index (χ3v) is 8.22. The average molecular weight is 514 g/mol. The zero-order valence-corrected chi connectivity index (χ0v) is 23.0. The van der Waals surface area contributed by atoms with Crippen LogP contribution in [0, 0.1) is 17.8 Å². The Morgan fingerprint density at radius 1 is 1.11 bits per heavy atom. The van der Waals surface area contributed by atoms with Crippen molar-refractivity contribution in [3.8, 4) is 22.6 Å². The van der Waals surface area contributed by atoms with Crippen LogP contribution >= 0.6 is 0 Å². The molecule has 3 aromatic heterocycles. The van der Waals surface area contributed by atoms with Crippen molar-refractivity contribution in [2.24, 2.45) is 17.8 Å². The lowest BCUT2D eigenvalue weighted by Crippen LogP contribution is -2.38. The molecular formula is C30H39N7O. The fraction of sp³-hybridized carbons (Fsp3) is 0.500. The summed E-state index contributed by atoms with van der Waals surface area (Å²) in [5.41, 5.74) is 4.91. The van der Waals surface area contributed by atoms with Gasteiger partial charge in [0.05, 0.1) is 12.2 Å². The molecule has 200 valence electrons. The molecule has 1 aliphatic carbocycles. The van der Waals surface area contributed by atoms with Crippen LogP contribution in [0.2, 0.25) is 0 Å². The summed E-state index contributed by atoms with van der Waals surface area (Å²) in [5.74, 6) is 2.14. The minimum Gasteiger partial charge on any atom is -0.295 e. The van der Waals surface area contributed by atoms with Crippen LogP contribution in [-0.2, 0) is 13.0 Å². The number of aromatic amines is 1. The van der Waals surface area contributed by atoms with Crippen molar-refractivity contribution in [1.82, 2.24) is 34.7 Å². The van der Waals surface area contributed by atoms with Crippen molar-refractivity contribution in [3.63, 3.8) is 0 Å². The number of imidazole rings is 1. The first kappa shape index (κ1) is 26.1. The first-order chi connectivity index (χ1) is 18.5. The van der Waals surface area contributed by atoms with E-state index in [0.29, 0.717) is 30.1 Å². The minimum absolute atomic E-state index is 0.118. The summed E-state index contributed by atoms with van der Waals surface area (Å²) in [5, 5.41) is 14.5. The van der Waals surface area contributed by atoms with Gasteiger partial charge in [0.2, 0.25) is 5.82 Å². The van der Waals surface area contributed by atoms with Crippen LogP contribution in [0.1, 0.15) is 77.1 Å². The van der Waals surface area contributed by atoms with Gasteiger partial charge in [-0.05, 0) is 60.3 Å². The van der Waals surface area contributed by atoms with Crippen LogP contribution in [0.5, 0.6) is 0 Å². The summed E-state index contributed by atoms with van der Waals surface area (Å²) in [6.45, 7) is 9.66. The van der Waals surface area contributed by atoms with Gasteiger partial charge in [0.15, 0.2) is 0 Å². The molecule has 1 aromatic carbocycles. The second kappa shape index (κ2) is 11.5. The molecule has 5 rings (SSSR count). The molecule has 1 saturated carbocycles. The van der Waals surface area contributed by atoms with Crippen molar-refractivity contribution in [2.45, 2.75) is 78.8 Å². The van der Waals surface area contributed by atoms with E-state index in [9.17, 15) is 4.79 Å². The molecule has 1 fully saturated rings. The maximum absolute atomic E-state index is 13.9. The molecule has 1 N–H and O–H groups in total. The lowest BCUT2D eigenvalue weighted by molar-refractivity contribution is 0.126. The van der Waals surface area contributed by atoms with E-state index in [4.69, 9.17) is 4.98 Å². The van der Waals surface area contributed by atoms with Crippen LogP contribution in [0.15, 0.2) is 53.6 Å². The first-order valence-electron chi connectivity index (χ1n) is 14.1. The standard InChI is InChI=1S/C30H39N7O/c1-5-6-11-23-19-37(28-21(4)10-9-14-24(28)20(2)3)30(38)36(23)18-22-15-16-27(31-17-22)25-12-7-8-13-26(25)29-32-34-35-33-29/h7-8,12-13,15-17,19-21,24,28H,5-6,9-11,14,18H2,1-4H3,(H,32,33,34,35). The van der Waals surface area contributed by atoms with E-state index in [1.807, 2.05) is 41.1 Å². The minimum atomic E-state index is 0.118. The Labute approximate surface area is 224 Å². The number of hydrogen-bond donors (Lipinski definition) is 1. The summed E-state index contributed by atoms with van der Waals surface area (Å²) in [6, 6.07) is 12.3. The quantitative estimate of drug-likeness (QED) is 0.300. The lowest BCUT2D eigenvalue weighted by atomic mass is 9.72. The second-order valence-corrected chi connectivity index (χ2v) is 11.1. The molecule has 0 radical (unpaired) electrons. The van der Waals surface area contributed by atoms with E-state index in [1.165, 1.54) is 19.3 Å².